The molecule has 4 N–H and O–H groups in total. The van der Waals surface area contributed by atoms with Crippen molar-refractivity contribution in [2.75, 3.05) is 26.4 Å². The Morgan fingerprint density at radius 1 is 0.609 bits per heavy atom. The molecule has 0 bridgehead atoms. The van der Waals surface area contributed by atoms with E-state index in [2.05, 4.69) is 66.6 Å². The molecule has 1 aliphatic heterocycles. The van der Waals surface area contributed by atoms with Gasteiger partial charge in [0.05, 0.1) is 19.8 Å². The number of hydrogen-bond acceptors (Lipinski definition) is 11. The van der Waals surface area contributed by atoms with Crippen molar-refractivity contribution in [3.8, 4) is 0 Å². The maximum atomic E-state index is 12.9. The molecule has 13 heteroatoms. The molecule has 1 heterocycles. The summed E-state index contributed by atoms with van der Waals surface area (Å²) in [5.41, 5.74) is 0. The molecule has 0 aliphatic carbocycles. The van der Waals surface area contributed by atoms with E-state index < -0.39 is 59.8 Å². The maximum Gasteiger partial charge on any atom is 0.397 e. The summed E-state index contributed by atoms with van der Waals surface area (Å²) in [6, 6.07) is 0. The van der Waals surface area contributed by atoms with Crippen molar-refractivity contribution in [1.82, 2.24) is 0 Å². The van der Waals surface area contributed by atoms with E-state index in [0.717, 1.165) is 64.2 Å². The van der Waals surface area contributed by atoms with Crippen LogP contribution in [0.2, 0.25) is 0 Å². The normalized spacial score (nSPS) is 20.1. The predicted molar refractivity (Wildman–Crippen MR) is 257 cm³/mol. The van der Waals surface area contributed by atoms with Crippen LogP contribution in [-0.4, -0.2) is 97.5 Å². The Labute approximate surface area is 389 Å². The second-order valence-corrected chi connectivity index (χ2v) is 18.4. The maximum absolute atomic E-state index is 12.9. The van der Waals surface area contributed by atoms with Gasteiger partial charge in [0, 0.05) is 13.0 Å². The third-order valence-corrected chi connectivity index (χ3v) is 11.9. The number of carbonyl (C=O) groups is 1. The number of aliphatic hydroxyl groups excluding tert-OH is 3. The highest BCUT2D eigenvalue weighted by molar-refractivity contribution is 7.80. The van der Waals surface area contributed by atoms with Crippen LogP contribution in [-0.2, 0) is 38.3 Å². The average Bonchev–Trinajstić information content (AvgIpc) is 3.27. The van der Waals surface area contributed by atoms with E-state index in [-0.39, 0.29) is 19.6 Å². The van der Waals surface area contributed by atoms with Crippen LogP contribution >= 0.6 is 0 Å². The summed E-state index contributed by atoms with van der Waals surface area (Å²) in [5.74, 6) is -0.401. The third-order valence-electron chi connectivity index (χ3n) is 11.5. The predicted octanol–water partition coefficient (Wildman–Crippen LogP) is 11.5. The monoisotopic (exact) mass is 929 g/mol. The number of allylic oxidation sites excluding steroid dienone is 8. The van der Waals surface area contributed by atoms with Crippen molar-refractivity contribution in [2.45, 2.75) is 243 Å². The minimum Gasteiger partial charge on any atom is -0.457 e. The molecule has 374 valence electrons. The number of hydrogen-bond donors (Lipinski definition) is 4. The molecule has 1 fully saturated rings. The minimum absolute atomic E-state index is 0.0373. The number of rotatable bonds is 44. The Hall–Kier alpha value is -1.94. The molecule has 0 spiro atoms. The fourth-order valence-corrected chi connectivity index (χ4v) is 8.17. The van der Waals surface area contributed by atoms with Crippen LogP contribution in [0, 0.1) is 0 Å². The Balaban J connectivity index is 2.31. The van der Waals surface area contributed by atoms with Gasteiger partial charge in [-0.3, -0.25) is 9.35 Å². The molecule has 1 rings (SSSR count). The van der Waals surface area contributed by atoms with Gasteiger partial charge in [0.1, 0.15) is 30.5 Å². The molecule has 0 aromatic rings. The van der Waals surface area contributed by atoms with E-state index in [1.165, 1.54) is 116 Å². The summed E-state index contributed by atoms with van der Waals surface area (Å²) in [6.07, 6.45) is 42.9. The minimum atomic E-state index is -5.06. The zero-order chi connectivity index (χ0) is 46.8. The van der Waals surface area contributed by atoms with Crippen molar-refractivity contribution in [3.05, 3.63) is 48.6 Å². The van der Waals surface area contributed by atoms with Crippen LogP contribution in [0.25, 0.3) is 0 Å². The largest absolute Gasteiger partial charge is 0.457 e. The number of carbonyl (C=O) groups excluding carboxylic acids is 1. The first-order valence-corrected chi connectivity index (χ1v) is 26.8. The van der Waals surface area contributed by atoms with E-state index in [4.69, 9.17) is 18.9 Å². The molecule has 0 aromatic carbocycles. The SMILES string of the molecule is CC/C=C\C/C=C\C/C=C\C/C=C\CCCCCCCCCCCCCCC(=O)OC(COCCCCCCCCCCCCCC)COC1OC(CO)C(O)C(OS(=O)(=O)O)C1O. The van der Waals surface area contributed by atoms with Gasteiger partial charge in [0.25, 0.3) is 0 Å². The van der Waals surface area contributed by atoms with Crippen molar-refractivity contribution >= 4 is 16.4 Å². The van der Waals surface area contributed by atoms with Gasteiger partial charge >= 0.3 is 16.4 Å². The molecule has 12 nitrogen and oxygen atoms in total. The number of unbranched alkanes of at least 4 members (excludes halogenated alkanes) is 23. The molecule has 0 saturated carbocycles. The lowest BCUT2D eigenvalue weighted by Gasteiger charge is -2.41. The van der Waals surface area contributed by atoms with Gasteiger partial charge in [0.15, 0.2) is 6.29 Å². The smallest absolute Gasteiger partial charge is 0.397 e. The molecule has 1 saturated heterocycles. The summed E-state index contributed by atoms with van der Waals surface area (Å²) in [6.45, 7) is 3.89. The zero-order valence-electron chi connectivity index (χ0n) is 40.1. The van der Waals surface area contributed by atoms with Crippen LogP contribution in [0.15, 0.2) is 48.6 Å². The highest BCUT2D eigenvalue weighted by Gasteiger charge is 2.48. The molecular weight excluding hydrogens is 837 g/mol. The zero-order valence-corrected chi connectivity index (χ0v) is 40.9. The summed E-state index contributed by atoms with van der Waals surface area (Å²) in [5, 5.41) is 30.7. The first kappa shape index (κ1) is 60.1. The van der Waals surface area contributed by atoms with Crippen LogP contribution in [0.4, 0.5) is 0 Å². The second kappa shape index (κ2) is 42.4. The molecule has 6 atom stereocenters. The lowest BCUT2D eigenvalue weighted by atomic mass is 9.99. The summed E-state index contributed by atoms with van der Waals surface area (Å²) < 4.78 is 59.2. The van der Waals surface area contributed by atoms with Crippen molar-refractivity contribution in [3.63, 3.8) is 0 Å². The Morgan fingerprint density at radius 3 is 1.58 bits per heavy atom. The number of ether oxygens (including phenoxy) is 4. The van der Waals surface area contributed by atoms with E-state index in [1.54, 1.807) is 0 Å². The average molecular weight is 929 g/mol. The van der Waals surface area contributed by atoms with Gasteiger partial charge in [-0.25, -0.2) is 4.18 Å². The fraction of sp³-hybridized carbons (Fsp3) is 0.824. The molecule has 0 aromatic heterocycles. The van der Waals surface area contributed by atoms with Gasteiger partial charge in [-0.2, -0.15) is 8.42 Å². The molecule has 6 unspecified atom stereocenters. The summed E-state index contributed by atoms with van der Waals surface area (Å²) in [4.78, 5) is 12.9. The Morgan fingerprint density at radius 2 is 1.08 bits per heavy atom. The number of aliphatic hydroxyl groups is 3. The summed E-state index contributed by atoms with van der Waals surface area (Å²) in [7, 11) is -5.06. The second-order valence-electron chi connectivity index (χ2n) is 17.4. The Kier molecular flexibility index (Phi) is 39.8. The van der Waals surface area contributed by atoms with Crippen LogP contribution < -0.4 is 0 Å². The molecule has 0 radical (unpaired) electrons. The topological polar surface area (TPSA) is 178 Å². The fourth-order valence-electron chi connectivity index (χ4n) is 7.66. The molecule has 0 amide bonds. The highest BCUT2D eigenvalue weighted by Crippen LogP contribution is 2.26. The van der Waals surface area contributed by atoms with Gasteiger partial charge in [-0.1, -0.05) is 197 Å². The molecule has 1 aliphatic rings. The van der Waals surface area contributed by atoms with Crippen LogP contribution in [0.5, 0.6) is 0 Å². The summed E-state index contributed by atoms with van der Waals surface area (Å²) >= 11 is 0. The van der Waals surface area contributed by atoms with Crippen LogP contribution in [0.1, 0.15) is 206 Å². The first-order valence-electron chi connectivity index (χ1n) is 25.4. The van der Waals surface area contributed by atoms with Crippen molar-refractivity contribution in [1.29, 1.82) is 0 Å². The van der Waals surface area contributed by atoms with E-state index in [1.807, 2.05) is 0 Å². The molecular formula is C51H92O12S. The van der Waals surface area contributed by atoms with E-state index >= 15 is 0 Å². The quantitative estimate of drug-likeness (QED) is 0.0197. The van der Waals surface area contributed by atoms with Crippen LogP contribution in [0.3, 0.4) is 0 Å². The highest BCUT2D eigenvalue weighted by atomic mass is 32.3. The van der Waals surface area contributed by atoms with Gasteiger partial charge in [-0.05, 0) is 51.4 Å². The molecule has 64 heavy (non-hydrogen) atoms. The number of esters is 1. The van der Waals surface area contributed by atoms with Crippen molar-refractivity contribution < 1.29 is 56.2 Å². The standard InChI is InChI=1S/C51H92O12S/c1-3-5-7-9-11-13-15-17-18-19-20-21-22-23-24-25-26-27-28-29-30-32-34-36-38-40-47(53)61-45(43-59-41-39-37-35-33-31-16-14-12-10-8-6-4-2)44-60-51-49(55)50(63-64(56,57)58)48(54)46(42-52)62-51/h5,7,11,13,17-18,20-21,45-46,48-52,54-55H,3-4,6,8-10,12,14-16,19,22-44H2,1-2H3,(H,56,57,58)/b7-5-,13-11-,18-17-,21-20-. The third kappa shape index (κ3) is 35.3. The van der Waals surface area contributed by atoms with E-state index in [0.29, 0.717) is 13.0 Å². The Bertz CT molecular complexity index is 1300. The van der Waals surface area contributed by atoms with Gasteiger partial charge in [-0.15, -0.1) is 0 Å². The van der Waals surface area contributed by atoms with Gasteiger partial charge in [0.2, 0.25) is 0 Å². The van der Waals surface area contributed by atoms with E-state index in [9.17, 15) is 33.1 Å². The van der Waals surface area contributed by atoms with Gasteiger partial charge < -0.3 is 34.3 Å². The lowest BCUT2D eigenvalue weighted by molar-refractivity contribution is -0.301. The van der Waals surface area contributed by atoms with Crippen molar-refractivity contribution in [2.24, 2.45) is 0 Å². The lowest BCUT2D eigenvalue weighted by Crippen LogP contribution is -2.60. The first-order chi connectivity index (χ1) is 31.1.